The van der Waals surface area contributed by atoms with E-state index in [1.54, 1.807) is 11.8 Å². The third-order valence-corrected chi connectivity index (χ3v) is 4.45. The van der Waals surface area contributed by atoms with Crippen LogP contribution < -0.4 is 11.1 Å². The largest absolute Gasteiger partial charge is 0.466 e. The molecule has 0 saturated carbocycles. The molecule has 0 bridgehead atoms. The van der Waals surface area contributed by atoms with Gasteiger partial charge in [0.15, 0.2) is 6.10 Å². The molecule has 0 unspecified atom stereocenters. The molecule has 1 heterocycles. The van der Waals surface area contributed by atoms with E-state index in [4.69, 9.17) is 15.2 Å². The summed E-state index contributed by atoms with van der Waals surface area (Å²) in [5.74, 6) is -1.38. The molecule has 0 aliphatic carbocycles. The maximum absolute atomic E-state index is 12.5. The van der Waals surface area contributed by atoms with Gasteiger partial charge in [0, 0.05) is 18.8 Å². The van der Waals surface area contributed by atoms with E-state index < -0.39 is 18.1 Å². The monoisotopic (exact) mass is 391 g/mol. The highest BCUT2D eigenvalue weighted by Gasteiger charge is 2.31. The Morgan fingerprint density at radius 2 is 1.79 bits per heavy atom. The number of primary amides is 1. The fourth-order valence-corrected chi connectivity index (χ4v) is 2.96. The normalized spacial score (nSPS) is 15.4. The van der Waals surface area contributed by atoms with Gasteiger partial charge in [-0.25, -0.2) is 9.59 Å². The van der Waals surface area contributed by atoms with Crippen LogP contribution in [0.3, 0.4) is 0 Å². The molecular formula is C19H25N3O6. The smallest absolute Gasteiger partial charge is 0.338 e. The second kappa shape index (κ2) is 9.72. The van der Waals surface area contributed by atoms with Gasteiger partial charge in [0.2, 0.25) is 0 Å². The quantitative estimate of drug-likeness (QED) is 0.708. The van der Waals surface area contributed by atoms with Crippen molar-refractivity contribution in [1.29, 1.82) is 0 Å². The van der Waals surface area contributed by atoms with Gasteiger partial charge in [0.05, 0.1) is 18.1 Å². The van der Waals surface area contributed by atoms with Crippen LogP contribution in [-0.2, 0) is 19.1 Å². The van der Waals surface area contributed by atoms with Gasteiger partial charge in [-0.3, -0.25) is 9.59 Å². The van der Waals surface area contributed by atoms with Crippen molar-refractivity contribution in [3.8, 4) is 0 Å². The number of piperidine rings is 1. The van der Waals surface area contributed by atoms with E-state index in [0.717, 1.165) is 0 Å². The van der Waals surface area contributed by atoms with Crippen molar-refractivity contribution >= 4 is 29.6 Å². The third-order valence-electron chi connectivity index (χ3n) is 4.45. The molecule has 9 heteroatoms. The molecule has 152 valence electrons. The lowest BCUT2D eigenvalue weighted by Gasteiger charge is -2.32. The van der Waals surface area contributed by atoms with Gasteiger partial charge in [-0.05, 0) is 51.0 Å². The zero-order chi connectivity index (χ0) is 20.7. The molecule has 1 aliphatic heterocycles. The second-order valence-electron chi connectivity index (χ2n) is 6.47. The molecule has 1 saturated heterocycles. The highest BCUT2D eigenvalue weighted by atomic mass is 16.5. The number of anilines is 1. The first-order valence-corrected chi connectivity index (χ1v) is 9.14. The minimum atomic E-state index is -0.949. The summed E-state index contributed by atoms with van der Waals surface area (Å²) in [7, 11) is 0. The topological polar surface area (TPSA) is 128 Å². The minimum Gasteiger partial charge on any atom is -0.466 e. The molecule has 1 atom stereocenters. The van der Waals surface area contributed by atoms with E-state index in [2.05, 4.69) is 5.32 Å². The summed E-state index contributed by atoms with van der Waals surface area (Å²) in [6, 6.07) is 5.24. The van der Waals surface area contributed by atoms with Crippen molar-refractivity contribution in [2.45, 2.75) is 32.8 Å². The zero-order valence-corrected chi connectivity index (χ0v) is 16.0. The van der Waals surface area contributed by atoms with E-state index in [0.29, 0.717) is 38.2 Å². The molecular weight excluding hydrogens is 366 g/mol. The van der Waals surface area contributed by atoms with Crippen molar-refractivity contribution in [2.75, 3.05) is 25.0 Å². The summed E-state index contributed by atoms with van der Waals surface area (Å²) < 4.78 is 10.3. The summed E-state index contributed by atoms with van der Waals surface area (Å²) in [6.45, 7) is 4.44. The lowest BCUT2D eigenvalue weighted by Crippen LogP contribution is -2.45. The Labute approximate surface area is 163 Å². The first-order chi connectivity index (χ1) is 13.3. The number of esters is 2. The van der Waals surface area contributed by atoms with Crippen LogP contribution in [0, 0.1) is 5.92 Å². The molecule has 1 aromatic carbocycles. The average Bonchev–Trinajstić information content (AvgIpc) is 2.67. The molecule has 0 spiro atoms. The van der Waals surface area contributed by atoms with Gasteiger partial charge in [-0.1, -0.05) is 0 Å². The Hall–Kier alpha value is -3.10. The Balaban J connectivity index is 1.86. The SMILES string of the molecule is CCOC(=O)C1CCN(C(=O)[C@@H](C)OC(=O)c2ccc(NC(N)=O)cc2)CC1. The number of hydrogen-bond donors (Lipinski definition) is 2. The molecule has 9 nitrogen and oxygen atoms in total. The predicted octanol–water partition coefficient (Wildman–Crippen LogP) is 1.52. The zero-order valence-electron chi connectivity index (χ0n) is 16.0. The fourth-order valence-electron chi connectivity index (χ4n) is 2.96. The van der Waals surface area contributed by atoms with Crippen molar-refractivity contribution in [1.82, 2.24) is 4.90 Å². The molecule has 1 fully saturated rings. The number of nitrogens with one attached hydrogen (secondary N) is 1. The van der Waals surface area contributed by atoms with Gasteiger partial charge in [-0.15, -0.1) is 0 Å². The number of nitrogens with two attached hydrogens (primary N) is 1. The van der Waals surface area contributed by atoms with E-state index >= 15 is 0 Å². The van der Waals surface area contributed by atoms with Crippen LogP contribution in [-0.4, -0.2) is 54.6 Å². The van der Waals surface area contributed by atoms with E-state index in [9.17, 15) is 19.2 Å². The van der Waals surface area contributed by atoms with Crippen LogP contribution in [0.4, 0.5) is 10.5 Å². The van der Waals surface area contributed by atoms with Gasteiger partial charge < -0.3 is 25.4 Å². The van der Waals surface area contributed by atoms with Gasteiger partial charge in [0.1, 0.15) is 0 Å². The maximum atomic E-state index is 12.5. The van der Waals surface area contributed by atoms with Crippen LogP contribution in [0.2, 0.25) is 0 Å². The van der Waals surface area contributed by atoms with Crippen LogP contribution in [0.1, 0.15) is 37.0 Å². The maximum Gasteiger partial charge on any atom is 0.338 e. The first-order valence-electron chi connectivity index (χ1n) is 9.14. The number of likely N-dealkylation sites (tertiary alicyclic amines) is 1. The summed E-state index contributed by atoms with van der Waals surface area (Å²) in [5.41, 5.74) is 5.71. The standard InChI is InChI=1S/C19H25N3O6/c1-3-27-17(24)14-8-10-22(11-9-14)16(23)12(2)28-18(25)13-4-6-15(7-5-13)21-19(20)26/h4-7,12,14H,3,8-11H2,1-2H3,(H3,20,21,26)/t12-/m1/s1. The number of rotatable bonds is 6. The number of ether oxygens (including phenoxy) is 2. The molecule has 0 radical (unpaired) electrons. The number of benzene rings is 1. The Kier molecular flexibility index (Phi) is 7.36. The van der Waals surface area contributed by atoms with Gasteiger partial charge >= 0.3 is 18.0 Å². The Morgan fingerprint density at radius 1 is 1.18 bits per heavy atom. The number of urea groups is 1. The third kappa shape index (κ3) is 5.70. The summed E-state index contributed by atoms with van der Waals surface area (Å²) in [4.78, 5) is 48.9. The predicted molar refractivity (Wildman–Crippen MR) is 100 cm³/mol. The van der Waals surface area contributed by atoms with Crippen molar-refractivity contribution < 1.29 is 28.7 Å². The average molecular weight is 391 g/mol. The molecule has 1 aromatic rings. The summed E-state index contributed by atoms with van der Waals surface area (Å²) in [6.07, 6.45) is 0.106. The lowest BCUT2D eigenvalue weighted by molar-refractivity contribution is -0.152. The van der Waals surface area contributed by atoms with Gasteiger partial charge in [0.25, 0.3) is 5.91 Å². The van der Waals surface area contributed by atoms with E-state index in [1.807, 2.05) is 0 Å². The number of carbonyl (C=O) groups is 4. The number of carbonyl (C=O) groups excluding carboxylic acids is 4. The van der Waals surface area contributed by atoms with E-state index in [-0.39, 0.29) is 23.4 Å². The van der Waals surface area contributed by atoms with Crippen LogP contribution >= 0.6 is 0 Å². The molecule has 0 aromatic heterocycles. The highest BCUT2D eigenvalue weighted by molar-refractivity contribution is 5.93. The van der Waals surface area contributed by atoms with Crippen molar-refractivity contribution in [2.24, 2.45) is 11.7 Å². The van der Waals surface area contributed by atoms with Crippen molar-refractivity contribution in [3.63, 3.8) is 0 Å². The molecule has 28 heavy (non-hydrogen) atoms. The number of hydrogen-bond acceptors (Lipinski definition) is 6. The fraction of sp³-hybridized carbons (Fsp3) is 0.474. The highest BCUT2D eigenvalue weighted by Crippen LogP contribution is 2.20. The van der Waals surface area contributed by atoms with Crippen molar-refractivity contribution in [3.05, 3.63) is 29.8 Å². The molecule has 3 N–H and O–H groups in total. The Bertz CT molecular complexity index is 726. The number of amides is 3. The first kappa shape index (κ1) is 21.2. The summed E-state index contributed by atoms with van der Waals surface area (Å²) in [5, 5.41) is 2.39. The molecule has 3 amide bonds. The molecule has 2 rings (SSSR count). The second-order valence-corrected chi connectivity index (χ2v) is 6.47. The van der Waals surface area contributed by atoms with Crippen LogP contribution in [0.5, 0.6) is 0 Å². The van der Waals surface area contributed by atoms with Crippen LogP contribution in [0.15, 0.2) is 24.3 Å². The van der Waals surface area contributed by atoms with Gasteiger partial charge in [-0.2, -0.15) is 0 Å². The summed E-state index contributed by atoms with van der Waals surface area (Å²) >= 11 is 0. The minimum absolute atomic E-state index is 0.200. The van der Waals surface area contributed by atoms with Crippen LogP contribution in [0.25, 0.3) is 0 Å². The number of nitrogens with zero attached hydrogens (tertiary/aromatic N) is 1. The van der Waals surface area contributed by atoms with E-state index in [1.165, 1.54) is 31.2 Å². The molecule has 1 aliphatic rings. The Morgan fingerprint density at radius 3 is 2.32 bits per heavy atom. The lowest BCUT2D eigenvalue weighted by atomic mass is 9.97.